The van der Waals surface area contributed by atoms with E-state index in [2.05, 4.69) is 17.9 Å². The van der Waals surface area contributed by atoms with E-state index < -0.39 is 15.1 Å². The Morgan fingerprint density at radius 3 is 3.11 bits per heavy atom. The van der Waals surface area contributed by atoms with Gasteiger partial charge < -0.3 is 4.74 Å². The molecule has 2 rings (SSSR count). The minimum Gasteiger partial charge on any atom is -0.349 e. The molecule has 0 bridgehead atoms. The van der Waals surface area contributed by atoms with Gasteiger partial charge in [-0.05, 0) is 0 Å². The maximum absolute atomic E-state index is 10.9. The third-order valence-corrected chi connectivity index (χ3v) is 4.22. The number of ether oxygens (including phenoxy) is 1. The van der Waals surface area contributed by atoms with Crippen LogP contribution in [-0.2, 0) is 15.5 Å². The number of hydrogen-bond acceptors (Lipinski definition) is 4. The van der Waals surface area contributed by atoms with Crippen molar-refractivity contribution in [1.29, 1.82) is 0 Å². The van der Waals surface area contributed by atoms with Crippen molar-refractivity contribution in [2.75, 3.05) is 13.2 Å². The lowest BCUT2D eigenvalue weighted by Crippen LogP contribution is -2.35. The summed E-state index contributed by atoms with van der Waals surface area (Å²) >= 11 is 4.10. The predicted molar refractivity (Wildman–Crippen MR) is 37.6 cm³/mol. The lowest BCUT2D eigenvalue weighted by molar-refractivity contribution is 0.0810. The second-order valence-corrected chi connectivity index (χ2v) is 4.75. The van der Waals surface area contributed by atoms with Gasteiger partial charge >= 0.3 is 0 Å². The van der Waals surface area contributed by atoms with Crippen LogP contribution >= 0.6 is 12.6 Å². The van der Waals surface area contributed by atoms with Gasteiger partial charge in [0.25, 0.3) is 0 Å². The molecule has 0 aliphatic carbocycles. The number of morpholine rings is 1. The first-order chi connectivity index (χ1) is 4.25. The Bertz CT molecular complexity index is 174. The zero-order chi connectivity index (χ0) is 6.48. The Labute approximate surface area is 61.0 Å². The second kappa shape index (κ2) is 1.72. The van der Waals surface area contributed by atoms with Crippen molar-refractivity contribution < 1.29 is 8.95 Å². The summed E-state index contributed by atoms with van der Waals surface area (Å²) in [4.78, 5) is 0. The van der Waals surface area contributed by atoms with Crippen LogP contribution in [-0.4, -0.2) is 27.0 Å². The normalized spacial score (nSPS) is 56.6. The summed E-state index contributed by atoms with van der Waals surface area (Å²) in [6.07, 6.45) is 0. The molecule has 2 aliphatic rings. The van der Waals surface area contributed by atoms with E-state index in [1.807, 2.05) is 0 Å². The molecule has 3 nitrogen and oxygen atoms in total. The van der Waals surface area contributed by atoms with E-state index in [-0.39, 0.29) is 5.37 Å². The van der Waals surface area contributed by atoms with Crippen molar-refractivity contribution in [3.05, 3.63) is 0 Å². The van der Waals surface area contributed by atoms with Crippen molar-refractivity contribution in [2.24, 2.45) is 0 Å². The molecule has 0 amide bonds. The Kier molecular flexibility index (Phi) is 1.18. The Balaban J connectivity index is 2.18. The van der Waals surface area contributed by atoms with Gasteiger partial charge in [0.2, 0.25) is 4.27 Å². The number of rotatable bonds is 0. The molecule has 2 fully saturated rings. The molecule has 1 N–H and O–H groups in total. The number of fused-ring (bicyclic) bond motifs is 1. The van der Waals surface area contributed by atoms with Crippen LogP contribution in [0.2, 0.25) is 0 Å². The van der Waals surface area contributed by atoms with Gasteiger partial charge in [0.15, 0.2) is 0 Å². The molecule has 9 heavy (non-hydrogen) atoms. The quantitative estimate of drug-likeness (QED) is 0.367. The van der Waals surface area contributed by atoms with Crippen LogP contribution in [0.1, 0.15) is 0 Å². The van der Waals surface area contributed by atoms with Crippen LogP contribution in [0.15, 0.2) is 0 Å². The number of thiol groups is 1. The zero-order valence-electron chi connectivity index (χ0n) is 4.66. The molecule has 3 unspecified atom stereocenters. The fourth-order valence-electron chi connectivity index (χ4n) is 0.945. The number of nitrogens with one attached hydrogen (secondary N) is 1. The van der Waals surface area contributed by atoms with E-state index in [0.29, 0.717) is 6.61 Å². The van der Waals surface area contributed by atoms with Gasteiger partial charge in [-0.3, -0.25) is 9.53 Å². The molecule has 2 saturated heterocycles. The molecule has 0 radical (unpaired) electrons. The van der Waals surface area contributed by atoms with Gasteiger partial charge in [-0.2, -0.15) is 0 Å². The first-order valence-corrected chi connectivity index (χ1v) is 4.41. The Morgan fingerprint density at radius 1 is 1.89 bits per heavy atom. The highest BCUT2D eigenvalue weighted by molar-refractivity contribution is 8.10. The fourth-order valence-corrected chi connectivity index (χ4v) is 2.75. The maximum atomic E-state index is 10.9. The molecule has 0 aromatic carbocycles. The smallest absolute Gasteiger partial charge is 0.215 e. The predicted octanol–water partition coefficient (Wildman–Crippen LogP) is -0.722. The summed E-state index contributed by atoms with van der Waals surface area (Å²) in [5, 5.41) is 3.03. The van der Waals surface area contributed by atoms with E-state index in [1.165, 1.54) is 0 Å². The third kappa shape index (κ3) is 0.690. The average molecular weight is 165 g/mol. The number of hydrogen-bond donors (Lipinski definition) is 2. The van der Waals surface area contributed by atoms with Gasteiger partial charge in [0.05, 0.1) is 17.4 Å². The lowest BCUT2D eigenvalue weighted by Gasteiger charge is -2.14. The Hall–Kier alpha value is 0.420. The van der Waals surface area contributed by atoms with Gasteiger partial charge in [-0.1, -0.05) is 0 Å². The van der Waals surface area contributed by atoms with Crippen molar-refractivity contribution in [1.82, 2.24) is 5.32 Å². The molecule has 2 heterocycles. The first-order valence-electron chi connectivity index (χ1n) is 2.75. The van der Waals surface area contributed by atoms with Crippen molar-refractivity contribution in [3.63, 3.8) is 0 Å². The molecule has 3 atom stereocenters. The van der Waals surface area contributed by atoms with Crippen LogP contribution < -0.4 is 5.32 Å². The summed E-state index contributed by atoms with van der Waals surface area (Å²) in [5.74, 6) is 0. The highest BCUT2D eigenvalue weighted by Gasteiger charge is 2.64. The largest absolute Gasteiger partial charge is 0.349 e. The molecule has 0 spiro atoms. The standard InChI is InChI=1S/C4H7NO2S2/c6-9-3-4(9,8)7-2-1-5-3/h3,5,8H,1-2H2. The van der Waals surface area contributed by atoms with Gasteiger partial charge in [0.1, 0.15) is 5.37 Å². The Morgan fingerprint density at radius 2 is 2.67 bits per heavy atom. The summed E-state index contributed by atoms with van der Waals surface area (Å²) in [7, 11) is -0.909. The highest BCUT2D eigenvalue weighted by atomic mass is 32.2. The van der Waals surface area contributed by atoms with Crippen LogP contribution in [0.25, 0.3) is 0 Å². The van der Waals surface area contributed by atoms with E-state index in [1.54, 1.807) is 0 Å². The third-order valence-electron chi connectivity index (χ3n) is 1.52. The van der Waals surface area contributed by atoms with Gasteiger partial charge in [-0.25, -0.2) is 0 Å². The minimum atomic E-state index is -0.909. The van der Waals surface area contributed by atoms with E-state index >= 15 is 0 Å². The summed E-state index contributed by atoms with van der Waals surface area (Å²) in [5.41, 5.74) is 0. The van der Waals surface area contributed by atoms with Crippen LogP contribution in [0.4, 0.5) is 0 Å². The first kappa shape index (κ1) is 6.15. The van der Waals surface area contributed by atoms with Crippen LogP contribution in [0.5, 0.6) is 0 Å². The minimum absolute atomic E-state index is 0.0189. The fraction of sp³-hybridized carbons (Fsp3) is 1.00. The zero-order valence-corrected chi connectivity index (χ0v) is 6.37. The molecule has 0 aromatic rings. The summed E-state index contributed by atoms with van der Waals surface area (Å²) in [6, 6.07) is 0. The van der Waals surface area contributed by atoms with E-state index in [9.17, 15) is 4.21 Å². The van der Waals surface area contributed by atoms with Crippen molar-refractivity contribution in [3.8, 4) is 0 Å². The molecule has 2 aliphatic heterocycles. The highest BCUT2D eigenvalue weighted by Crippen LogP contribution is 2.45. The lowest BCUT2D eigenvalue weighted by atomic mass is 10.5. The molecule has 5 heteroatoms. The van der Waals surface area contributed by atoms with Crippen molar-refractivity contribution >= 4 is 23.4 Å². The van der Waals surface area contributed by atoms with Gasteiger partial charge in [-0.15, -0.1) is 12.6 Å². The summed E-state index contributed by atoms with van der Waals surface area (Å²) in [6.45, 7) is 1.41. The summed E-state index contributed by atoms with van der Waals surface area (Å²) < 4.78 is 15.4. The molecule has 0 saturated carbocycles. The molecular weight excluding hydrogens is 158 g/mol. The van der Waals surface area contributed by atoms with Crippen LogP contribution in [0, 0.1) is 0 Å². The average Bonchev–Trinajstić information content (AvgIpc) is 2.38. The molecule has 0 aromatic heterocycles. The SMILES string of the molecule is O=S1C2NCCOC21S. The molecular formula is C4H7NO2S2. The van der Waals surface area contributed by atoms with Crippen LogP contribution in [0.3, 0.4) is 0 Å². The topological polar surface area (TPSA) is 38.3 Å². The maximum Gasteiger partial charge on any atom is 0.215 e. The molecule has 52 valence electrons. The monoisotopic (exact) mass is 165 g/mol. The second-order valence-electron chi connectivity index (χ2n) is 2.11. The van der Waals surface area contributed by atoms with Crippen molar-refractivity contribution in [2.45, 2.75) is 9.64 Å². The van der Waals surface area contributed by atoms with E-state index in [4.69, 9.17) is 4.74 Å². The van der Waals surface area contributed by atoms with E-state index in [0.717, 1.165) is 6.54 Å². The van der Waals surface area contributed by atoms with Gasteiger partial charge in [0, 0.05) is 6.54 Å².